The van der Waals surface area contributed by atoms with Crippen molar-refractivity contribution < 1.29 is 0 Å². The molecule has 4 rings (SSSR count). The fourth-order valence-corrected chi connectivity index (χ4v) is 3.39. The molecule has 0 saturated carbocycles. The van der Waals surface area contributed by atoms with Gasteiger partial charge in [-0.2, -0.15) is 5.26 Å². The van der Waals surface area contributed by atoms with E-state index in [0.717, 1.165) is 22.3 Å². The highest BCUT2D eigenvalue weighted by Crippen LogP contribution is 2.24. The first-order valence-electron chi connectivity index (χ1n) is 8.90. The second-order valence-electron chi connectivity index (χ2n) is 6.41. The number of benzene rings is 3. The van der Waals surface area contributed by atoms with Gasteiger partial charge >= 0.3 is 0 Å². The Hall–Kier alpha value is -3.40. The zero-order chi connectivity index (χ0) is 20.2. The first kappa shape index (κ1) is 18.9. The normalized spacial score (nSPS) is 10.5. The lowest BCUT2D eigenvalue weighted by Crippen LogP contribution is -2.21. The molecule has 1 heterocycles. The lowest BCUT2D eigenvalue weighted by Gasteiger charge is -2.13. The summed E-state index contributed by atoms with van der Waals surface area (Å²) in [5.41, 5.74) is 4.28. The van der Waals surface area contributed by atoms with E-state index in [1.807, 2.05) is 36.4 Å². The van der Waals surface area contributed by atoms with E-state index in [1.54, 1.807) is 24.3 Å². The molecule has 0 amide bonds. The summed E-state index contributed by atoms with van der Waals surface area (Å²) in [6.45, 7) is 0.640. The van der Waals surface area contributed by atoms with Crippen LogP contribution in [0.5, 0.6) is 0 Å². The van der Waals surface area contributed by atoms with Crippen LogP contribution >= 0.6 is 23.8 Å². The number of aromatic nitrogens is 2. The third-order valence-corrected chi connectivity index (χ3v) is 4.83. The van der Waals surface area contributed by atoms with Crippen molar-refractivity contribution in [3.63, 3.8) is 0 Å². The first-order valence-corrected chi connectivity index (χ1v) is 9.69. The Morgan fingerprint density at radius 1 is 1.03 bits per heavy atom. The smallest absolute Gasteiger partial charge is 0.210 e. The summed E-state index contributed by atoms with van der Waals surface area (Å²) in [4.78, 5) is 4.68. The maximum absolute atomic E-state index is 8.92. The molecule has 0 atom stereocenters. The van der Waals surface area contributed by atoms with Crippen LogP contribution in [0.1, 0.15) is 11.1 Å². The van der Waals surface area contributed by atoms with Gasteiger partial charge in [-0.3, -0.25) is 0 Å². The average Bonchev–Trinajstić information content (AvgIpc) is 3.05. The molecule has 0 aliphatic carbocycles. The monoisotopic (exact) mass is 417 g/mol. The van der Waals surface area contributed by atoms with Crippen molar-refractivity contribution in [3.8, 4) is 6.07 Å². The SMILES string of the molecule is N#Cc1ccc(NC(=S)Nc2nc3cc(Cl)ccc3n2Cc2ccccc2)cc1. The Kier molecular flexibility index (Phi) is 5.43. The Labute approximate surface area is 178 Å². The molecule has 0 aliphatic heterocycles. The molecule has 1 aromatic heterocycles. The lowest BCUT2D eigenvalue weighted by atomic mass is 10.2. The average molecular weight is 418 g/mol. The van der Waals surface area contributed by atoms with Crippen LogP contribution in [-0.2, 0) is 6.54 Å². The summed E-state index contributed by atoms with van der Waals surface area (Å²) in [7, 11) is 0. The maximum atomic E-state index is 8.92. The molecule has 5 nitrogen and oxygen atoms in total. The second kappa shape index (κ2) is 8.31. The number of nitriles is 1. The van der Waals surface area contributed by atoms with Gasteiger partial charge in [0, 0.05) is 10.7 Å². The van der Waals surface area contributed by atoms with Gasteiger partial charge in [0.1, 0.15) is 0 Å². The largest absolute Gasteiger partial charge is 0.332 e. The van der Waals surface area contributed by atoms with E-state index in [2.05, 4.69) is 38.4 Å². The number of halogens is 1. The molecule has 3 aromatic carbocycles. The Bertz CT molecular complexity index is 1210. The van der Waals surface area contributed by atoms with Crippen molar-refractivity contribution in [1.82, 2.24) is 9.55 Å². The number of hydrogen-bond acceptors (Lipinski definition) is 3. The number of hydrogen-bond donors (Lipinski definition) is 2. The summed E-state index contributed by atoms with van der Waals surface area (Å²) < 4.78 is 2.06. The number of fused-ring (bicyclic) bond motifs is 1. The quantitative estimate of drug-likeness (QED) is 0.434. The summed E-state index contributed by atoms with van der Waals surface area (Å²) in [5.74, 6) is 0.622. The Morgan fingerprint density at radius 3 is 2.52 bits per heavy atom. The maximum Gasteiger partial charge on any atom is 0.210 e. The molecule has 0 bridgehead atoms. The van der Waals surface area contributed by atoms with Gasteiger partial charge in [0.2, 0.25) is 5.95 Å². The van der Waals surface area contributed by atoms with Crippen LogP contribution in [-0.4, -0.2) is 14.7 Å². The van der Waals surface area contributed by atoms with Gasteiger partial charge in [-0.25, -0.2) is 4.98 Å². The lowest BCUT2D eigenvalue weighted by molar-refractivity contribution is 0.837. The van der Waals surface area contributed by atoms with Crippen LogP contribution in [0.25, 0.3) is 11.0 Å². The van der Waals surface area contributed by atoms with Gasteiger partial charge in [-0.1, -0.05) is 41.9 Å². The van der Waals surface area contributed by atoms with Gasteiger partial charge in [0.25, 0.3) is 0 Å². The number of nitrogens with zero attached hydrogens (tertiary/aromatic N) is 3. The highest BCUT2D eigenvalue weighted by molar-refractivity contribution is 7.80. The minimum Gasteiger partial charge on any atom is -0.332 e. The van der Waals surface area contributed by atoms with Crippen LogP contribution in [0.2, 0.25) is 5.02 Å². The van der Waals surface area contributed by atoms with Crippen molar-refractivity contribution >= 4 is 51.6 Å². The van der Waals surface area contributed by atoms with Gasteiger partial charge in [-0.05, 0) is 60.2 Å². The van der Waals surface area contributed by atoms with E-state index in [-0.39, 0.29) is 0 Å². The van der Waals surface area contributed by atoms with Crippen molar-refractivity contribution in [2.24, 2.45) is 0 Å². The summed E-state index contributed by atoms with van der Waals surface area (Å²) in [5, 5.41) is 16.3. The minimum absolute atomic E-state index is 0.408. The first-order chi connectivity index (χ1) is 14.1. The molecule has 0 radical (unpaired) electrons. The zero-order valence-electron chi connectivity index (χ0n) is 15.3. The molecule has 142 valence electrons. The molecule has 0 spiro atoms. The van der Waals surface area contributed by atoms with E-state index < -0.39 is 0 Å². The van der Waals surface area contributed by atoms with E-state index in [1.165, 1.54) is 0 Å². The van der Waals surface area contributed by atoms with Crippen LogP contribution < -0.4 is 10.6 Å². The third-order valence-electron chi connectivity index (χ3n) is 4.39. The molecular weight excluding hydrogens is 402 g/mol. The second-order valence-corrected chi connectivity index (χ2v) is 7.25. The zero-order valence-corrected chi connectivity index (χ0v) is 16.8. The third kappa shape index (κ3) is 4.37. The van der Waals surface area contributed by atoms with E-state index >= 15 is 0 Å². The molecule has 0 saturated heterocycles. The number of nitrogens with one attached hydrogen (secondary N) is 2. The van der Waals surface area contributed by atoms with Gasteiger partial charge in [0.05, 0.1) is 29.2 Å². The highest BCUT2D eigenvalue weighted by Gasteiger charge is 2.13. The fourth-order valence-electron chi connectivity index (χ4n) is 3.02. The van der Waals surface area contributed by atoms with E-state index in [0.29, 0.717) is 28.2 Å². The number of imidazole rings is 1. The molecular formula is C22H16ClN5S. The predicted molar refractivity (Wildman–Crippen MR) is 121 cm³/mol. The minimum atomic E-state index is 0.408. The summed E-state index contributed by atoms with van der Waals surface area (Å²) >= 11 is 11.6. The van der Waals surface area contributed by atoms with Gasteiger partial charge in [0.15, 0.2) is 5.11 Å². The van der Waals surface area contributed by atoms with Crippen LogP contribution in [0.3, 0.4) is 0 Å². The van der Waals surface area contributed by atoms with E-state index in [9.17, 15) is 0 Å². The standard InChI is InChI=1S/C22H16ClN5S/c23-17-8-11-20-19(12-17)26-21(28(20)14-16-4-2-1-3-5-16)27-22(29)25-18-9-6-15(13-24)7-10-18/h1-12H,14H2,(H2,25,26,27,29). The number of rotatable bonds is 4. The number of thiocarbonyl (C=S) groups is 1. The van der Waals surface area contributed by atoms with Crippen molar-refractivity contribution in [1.29, 1.82) is 5.26 Å². The topological polar surface area (TPSA) is 65.7 Å². The van der Waals surface area contributed by atoms with Gasteiger partial charge < -0.3 is 15.2 Å². The summed E-state index contributed by atoms with van der Waals surface area (Å²) in [6.07, 6.45) is 0. The predicted octanol–water partition coefficient (Wildman–Crippen LogP) is 5.42. The molecule has 0 aliphatic rings. The molecule has 7 heteroatoms. The summed E-state index contributed by atoms with van der Waals surface area (Å²) in [6, 6.07) is 25.0. The van der Waals surface area contributed by atoms with Crippen LogP contribution in [0.15, 0.2) is 72.8 Å². The Morgan fingerprint density at radius 2 is 1.79 bits per heavy atom. The van der Waals surface area contributed by atoms with Crippen molar-refractivity contribution in [3.05, 3.63) is 88.9 Å². The molecule has 4 aromatic rings. The number of anilines is 2. The van der Waals surface area contributed by atoms with Crippen molar-refractivity contribution in [2.75, 3.05) is 10.6 Å². The van der Waals surface area contributed by atoms with Gasteiger partial charge in [-0.15, -0.1) is 0 Å². The van der Waals surface area contributed by atoms with Crippen molar-refractivity contribution in [2.45, 2.75) is 6.54 Å². The molecule has 29 heavy (non-hydrogen) atoms. The van der Waals surface area contributed by atoms with E-state index in [4.69, 9.17) is 29.1 Å². The molecule has 0 unspecified atom stereocenters. The van der Waals surface area contributed by atoms with Crippen LogP contribution in [0.4, 0.5) is 11.6 Å². The fraction of sp³-hybridized carbons (Fsp3) is 0.0455. The molecule has 2 N–H and O–H groups in total. The molecule has 0 fully saturated rings. The van der Waals surface area contributed by atoms with Crippen LogP contribution in [0, 0.1) is 11.3 Å². The highest BCUT2D eigenvalue weighted by atomic mass is 35.5. The Balaban J connectivity index is 1.62.